The van der Waals surface area contributed by atoms with Crippen LogP contribution >= 0.6 is 24.2 Å². The number of halogens is 1. The highest BCUT2D eigenvalue weighted by Crippen LogP contribution is 2.28. The van der Waals surface area contributed by atoms with Gasteiger partial charge in [-0.25, -0.2) is 0 Å². The van der Waals surface area contributed by atoms with Crippen LogP contribution in [0.1, 0.15) is 52.4 Å². The van der Waals surface area contributed by atoms with Crippen molar-refractivity contribution in [2.75, 3.05) is 5.75 Å². The van der Waals surface area contributed by atoms with E-state index in [4.69, 9.17) is 5.73 Å². The van der Waals surface area contributed by atoms with E-state index in [0.717, 1.165) is 24.5 Å². The largest absolute Gasteiger partial charge is 0.353 e. The van der Waals surface area contributed by atoms with E-state index >= 15 is 0 Å². The number of thioether (sulfide) groups is 1. The topological polar surface area (TPSA) is 55.1 Å². The summed E-state index contributed by atoms with van der Waals surface area (Å²) in [6.45, 7) is 4.15. The van der Waals surface area contributed by atoms with Crippen molar-refractivity contribution in [2.45, 2.75) is 69.7 Å². The summed E-state index contributed by atoms with van der Waals surface area (Å²) in [5.74, 6) is 1.35. The van der Waals surface area contributed by atoms with Crippen LogP contribution in [0.3, 0.4) is 0 Å². The summed E-state index contributed by atoms with van der Waals surface area (Å²) >= 11 is 2.03. The lowest BCUT2D eigenvalue weighted by atomic mass is 9.95. The first-order chi connectivity index (χ1) is 8.11. The van der Waals surface area contributed by atoms with Crippen molar-refractivity contribution < 1.29 is 4.79 Å². The van der Waals surface area contributed by atoms with E-state index in [1.54, 1.807) is 0 Å². The molecule has 0 aromatic heterocycles. The second-order valence-electron chi connectivity index (χ2n) is 5.02. The molecule has 0 heterocycles. The van der Waals surface area contributed by atoms with Crippen LogP contribution in [0.5, 0.6) is 0 Å². The molecule has 1 aliphatic rings. The van der Waals surface area contributed by atoms with Crippen LogP contribution in [0.25, 0.3) is 0 Å². The highest BCUT2D eigenvalue weighted by Gasteiger charge is 2.22. The Balaban J connectivity index is 0.00000289. The first-order valence-corrected chi connectivity index (χ1v) is 7.83. The van der Waals surface area contributed by atoms with Gasteiger partial charge in [-0.15, -0.1) is 12.4 Å². The molecule has 0 radical (unpaired) electrons. The van der Waals surface area contributed by atoms with Crippen molar-refractivity contribution in [3.8, 4) is 0 Å². The third-order valence-corrected chi connectivity index (χ3v) is 4.45. The van der Waals surface area contributed by atoms with Gasteiger partial charge in [0.15, 0.2) is 0 Å². The summed E-state index contributed by atoms with van der Waals surface area (Å²) in [5, 5.41) is 3.90. The number of nitrogens with two attached hydrogens (primary N) is 1. The van der Waals surface area contributed by atoms with Gasteiger partial charge in [-0.05, 0) is 38.4 Å². The summed E-state index contributed by atoms with van der Waals surface area (Å²) in [4.78, 5) is 11.7. The van der Waals surface area contributed by atoms with E-state index < -0.39 is 0 Å². The van der Waals surface area contributed by atoms with E-state index in [2.05, 4.69) is 12.2 Å². The molecule has 3 N–H and O–H groups in total. The Kier molecular flexibility index (Phi) is 9.97. The van der Waals surface area contributed by atoms with E-state index in [9.17, 15) is 4.79 Å². The molecule has 3 atom stereocenters. The molecule has 1 rings (SSSR count). The number of amides is 1. The fourth-order valence-corrected chi connectivity index (χ4v) is 3.49. The number of rotatable bonds is 6. The molecular weight excluding hydrogens is 268 g/mol. The summed E-state index contributed by atoms with van der Waals surface area (Å²) in [5.41, 5.74) is 5.65. The number of carbonyl (C=O) groups is 1. The van der Waals surface area contributed by atoms with Crippen LogP contribution in [0.15, 0.2) is 0 Å². The fourth-order valence-electron chi connectivity index (χ4n) is 2.32. The van der Waals surface area contributed by atoms with Gasteiger partial charge in [0.2, 0.25) is 5.91 Å². The van der Waals surface area contributed by atoms with Crippen molar-refractivity contribution >= 4 is 30.1 Å². The van der Waals surface area contributed by atoms with Crippen molar-refractivity contribution in [1.82, 2.24) is 5.32 Å². The molecule has 0 spiro atoms. The molecule has 0 aromatic rings. The smallest absolute Gasteiger partial charge is 0.220 e. The number of hydrogen-bond acceptors (Lipinski definition) is 3. The Bertz CT molecular complexity index is 237. The molecular formula is C13H27ClN2OS. The van der Waals surface area contributed by atoms with Crippen LogP contribution < -0.4 is 11.1 Å². The Labute approximate surface area is 121 Å². The van der Waals surface area contributed by atoms with Crippen molar-refractivity contribution in [3.63, 3.8) is 0 Å². The van der Waals surface area contributed by atoms with Gasteiger partial charge in [-0.3, -0.25) is 4.79 Å². The maximum absolute atomic E-state index is 11.7. The van der Waals surface area contributed by atoms with Gasteiger partial charge >= 0.3 is 0 Å². The highest BCUT2D eigenvalue weighted by molar-refractivity contribution is 7.99. The summed E-state index contributed by atoms with van der Waals surface area (Å²) < 4.78 is 0. The zero-order valence-corrected chi connectivity index (χ0v) is 13.1. The number of nitrogens with one attached hydrogen (secondary N) is 1. The second kappa shape index (κ2) is 9.93. The molecule has 18 heavy (non-hydrogen) atoms. The molecule has 1 fully saturated rings. The second-order valence-corrected chi connectivity index (χ2v) is 6.60. The SMILES string of the molecule is CCSC1CCCC(NC(=O)CCC(C)N)C1.Cl. The van der Waals surface area contributed by atoms with Gasteiger partial charge < -0.3 is 11.1 Å². The molecule has 3 nitrogen and oxygen atoms in total. The summed E-state index contributed by atoms with van der Waals surface area (Å²) in [6, 6.07) is 0.517. The lowest BCUT2D eigenvalue weighted by Gasteiger charge is -2.29. The fraction of sp³-hybridized carbons (Fsp3) is 0.923. The van der Waals surface area contributed by atoms with Gasteiger partial charge in [-0.1, -0.05) is 13.3 Å². The van der Waals surface area contributed by atoms with Gasteiger partial charge in [0.25, 0.3) is 0 Å². The predicted octanol–water partition coefficient (Wildman–Crippen LogP) is 2.72. The quantitative estimate of drug-likeness (QED) is 0.792. The number of hydrogen-bond donors (Lipinski definition) is 2. The van der Waals surface area contributed by atoms with Crippen molar-refractivity contribution in [2.24, 2.45) is 5.73 Å². The van der Waals surface area contributed by atoms with Gasteiger partial charge in [-0.2, -0.15) is 11.8 Å². The zero-order valence-electron chi connectivity index (χ0n) is 11.5. The van der Waals surface area contributed by atoms with Gasteiger partial charge in [0.1, 0.15) is 0 Å². The lowest BCUT2D eigenvalue weighted by molar-refractivity contribution is -0.122. The first kappa shape index (κ1) is 18.1. The molecule has 1 aliphatic carbocycles. The highest BCUT2D eigenvalue weighted by atomic mass is 35.5. The molecule has 1 amide bonds. The molecule has 0 saturated heterocycles. The Hall–Kier alpha value is 0.0700. The van der Waals surface area contributed by atoms with Gasteiger partial charge in [0.05, 0.1) is 0 Å². The van der Waals surface area contributed by atoms with E-state index in [1.807, 2.05) is 18.7 Å². The summed E-state index contributed by atoms with van der Waals surface area (Å²) in [7, 11) is 0. The lowest BCUT2D eigenvalue weighted by Crippen LogP contribution is -2.39. The Morgan fingerprint density at radius 2 is 2.22 bits per heavy atom. The minimum atomic E-state index is 0. The predicted molar refractivity (Wildman–Crippen MR) is 82.5 cm³/mol. The van der Waals surface area contributed by atoms with Crippen LogP contribution in [-0.4, -0.2) is 29.0 Å². The monoisotopic (exact) mass is 294 g/mol. The molecule has 108 valence electrons. The minimum Gasteiger partial charge on any atom is -0.353 e. The van der Waals surface area contributed by atoms with Crippen LogP contribution in [-0.2, 0) is 4.79 Å². The molecule has 1 saturated carbocycles. The molecule has 0 aliphatic heterocycles. The van der Waals surface area contributed by atoms with Crippen LogP contribution in [0, 0.1) is 0 Å². The summed E-state index contributed by atoms with van der Waals surface area (Å²) in [6.07, 6.45) is 6.19. The Morgan fingerprint density at radius 3 is 2.83 bits per heavy atom. The third-order valence-electron chi connectivity index (χ3n) is 3.22. The third kappa shape index (κ3) is 7.49. The van der Waals surface area contributed by atoms with Crippen LogP contribution in [0.2, 0.25) is 0 Å². The van der Waals surface area contributed by atoms with E-state index in [0.29, 0.717) is 12.5 Å². The molecule has 5 heteroatoms. The first-order valence-electron chi connectivity index (χ1n) is 6.78. The normalized spacial score (nSPS) is 25.1. The van der Waals surface area contributed by atoms with E-state index in [1.165, 1.54) is 18.6 Å². The maximum atomic E-state index is 11.7. The Morgan fingerprint density at radius 1 is 1.50 bits per heavy atom. The average Bonchev–Trinajstić information content (AvgIpc) is 2.27. The molecule has 0 bridgehead atoms. The molecule has 0 aromatic carbocycles. The average molecular weight is 295 g/mol. The van der Waals surface area contributed by atoms with Crippen LogP contribution in [0.4, 0.5) is 0 Å². The van der Waals surface area contributed by atoms with Gasteiger partial charge in [0, 0.05) is 23.8 Å². The van der Waals surface area contributed by atoms with E-state index in [-0.39, 0.29) is 24.4 Å². The standard InChI is InChI=1S/C13H26N2OS.ClH/c1-3-17-12-6-4-5-11(9-12)15-13(16)8-7-10(2)14;/h10-12H,3-9,14H2,1-2H3,(H,15,16);1H. The molecule has 3 unspecified atom stereocenters. The van der Waals surface area contributed by atoms with Crippen molar-refractivity contribution in [3.05, 3.63) is 0 Å². The zero-order chi connectivity index (χ0) is 12.7. The maximum Gasteiger partial charge on any atom is 0.220 e. The minimum absolute atomic E-state index is 0. The number of carbonyl (C=O) groups excluding carboxylic acids is 1. The van der Waals surface area contributed by atoms with Crippen molar-refractivity contribution in [1.29, 1.82) is 0 Å².